The Balaban J connectivity index is 2.41. The average Bonchev–Trinajstić information content (AvgIpc) is 2.03. The molecule has 74 valence electrons. The van der Waals surface area contributed by atoms with Crippen molar-refractivity contribution >= 4 is 11.9 Å². The highest BCUT2D eigenvalue weighted by atomic mass is 16.9. The maximum Gasteiger partial charge on any atom is 0.324 e. The van der Waals surface area contributed by atoms with Gasteiger partial charge in [-0.15, -0.1) is 0 Å². The molecule has 0 aromatic heterocycles. The molecule has 1 amide bonds. The number of carbonyl (C=O) groups excluding carboxylic acids is 2. The molecule has 8 nitrogen and oxygen atoms in total. The molecule has 0 spiro atoms. The number of nitrogens with zero attached hydrogens (tertiary/aromatic N) is 2. The number of hydroxylamine groups is 1. The molecule has 13 heavy (non-hydrogen) atoms. The van der Waals surface area contributed by atoms with Crippen LogP contribution in [0.15, 0.2) is 0 Å². The highest BCUT2D eigenvalue weighted by molar-refractivity contribution is 5.72. The standard InChI is InChI=1S/C5H10N4O4/c1-4(10)8-3-9(7-13-6-8)12-5(2)11/h6-7H,3H2,1-2H3. The molecule has 2 N–H and O–H groups in total. The Labute approximate surface area is 74.2 Å². The predicted molar refractivity (Wildman–Crippen MR) is 38.3 cm³/mol. The molecule has 1 heterocycles. The van der Waals surface area contributed by atoms with Gasteiger partial charge in [0.1, 0.15) is 6.67 Å². The van der Waals surface area contributed by atoms with Crippen LogP contribution in [0.4, 0.5) is 0 Å². The van der Waals surface area contributed by atoms with Gasteiger partial charge in [-0.25, -0.2) is 5.01 Å². The predicted octanol–water partition coefficient (Wildman–Crippen LogP) is -1.56. The summed E-state index contributed by atoms with van der Waals surface area (Å²) in [5, 5.41) is 2.08. The summed E-state index contributed by atoms with van der Waals surface area (Å²) in [5.41, 5.74) is 4.48. The molecule has 0 atom stereocenters. The van der Waals surface area contributed by atoms with Gasteiger partial charge < -0.3 is 4.84 Å². The van der Waals surface area contributed by atoms with Crippen LogP contribution < -0.4 is 11.2 Å². The molecule has 1 rings (SSSR count). The van der Waals surface area contributed by atoms with Crippen molar-refractivity contribution in [2.75, 3.05) is 6.67 Å². The normalized spacial score (nSPS) is 18.5. The first-order valence-corrected chi connectivity index (χ1v) is 3.51. The van der Waals surface area contributed by atoms with Crippen LogP contribution in [0.1, 0.15) is 13.8 Å². The van der Waals surface area contributed by atoms with Crippen LogP contribution in [0.5, 0.6) is 0 Å². The number of carbonyl (C=O) groups is 2. The molecule has 1 fully saturated rings. The first-order chi connectivity index (χ1) is 6.09. The SMILES string of the molecule is CC(=O)ON1CN(C(C)=O)NON1. The molecule has 0 radical (unpaired) electrons. The molecule has 0 saturated carbocycles. The molecular weight excluding hydrogens is 180 g/mol. The second-order valence-corrected chi connectivity index (χ2v) is 2.33. The van der Waals surface area contributed by atoms with E-state index in [-0.39, 0.29) is 12.6 Å². The van der Waals surface area contributed by atoms with E-state index in [0.29, 0.717) is 0 Å². The van der Waals surface area contributed by atoms with E-state index in [1.807, 2.05) is 0 Å². The fourth-order valence-electron chi connectivity index (χ4n) is 0.679. The summed E-state index contributed by atoms with van der Waals surface area (Å²) < 4.78 is 0. The Morgan fingerprint density at radius 3 is 2.62 bits per heavy atom. The zero-order valence-electron chi connectivity index (χ0n) is 7.23. The van der Waals surface area contributed by atoms with E-state index in [1.54, 1.807) is 0 Å². The smallest absolute Gasteiger partial charge is 0.324 e. The fourth-order valence-corrected chi connectivity index (χ4v) is 0.679. The van der Waals surface area contributed by atoms with Crippen LogP contribution in [0.2, 0.25) is 0 Å². The Kier molecular flexibility index (Phi) is 3.14. The fraction of sp³-hybridized carbons (Fsp3) is 0.600. The molecule has 0 aromatic carbocycles. The minimum Gasteiger partial charge on any atom is -0.350 e. The summed E-state index contributed by atoms with van der Waals surface area (Å²) in [4.78, 5) is 30.4. The van der Waals surface area contributed by atoms with Crippen LogP contribution in [0, 0.1) is 0 Å². The van der Waals surface area contributed by atoms with Crippen molar-refractivity contribution in [3.8, 4) is 0 Å². The van der Waals surface area contributed by atoms with Crippen molar-refractivity contribution in [3.63, 3.8) is 0 Å². The highest BCUT2D eigenvalue weighted by Crippen LogP contribution is 1.95. The quantitative estimate of drug-likeness (QED) is 0.517. The van der Waals surface area contributed by atoms with E-state index in [0.717, 1.165) is 10.2 Å². The van der Waals surface area contributed by atoms with Gasteiger partial charge in [0.15, 0.2) is 0 Å². The Morgan fingerprint density at radius 1 is 1.38 bits per heavy atom. The Bertz CT molecular complexity index is 221. The van der Waals surface area contributed by atoms with Crippen LogP contribution in [-0.4, -0.2) is 28.7 Å². The van der Waals surface area contributed by atoms with Crippen molar-refractivity contribution in [3.05, 3.63) is 0 Å². The van der Waals surface area contributed by atoms with E-state index in [2.05, 4.69) is 21.0 Å². The lowest BCUT2D eigenvalue weighted by Crippen LogP contribution is -2.60. The van der Waals surface area contributed by atoms with Gasteiger partial charge in [-0.2, -0.15) is 4.94 Å². The van der Waals surface area contributed by atoms with Crippen LogP contribution >= 0.6 is 0 Å². The van der Waals surface area contributed by atoms with Crippen molar-refractivity contribution in [1.29, 1.82) is 0 Å². The lowest BCUT2D eigenvalue weighted by molar-refractivity contribution is -0.345. The van der Waals surface area contributed by atoms with E-state index in [1.165, 1.54) is 13.8 Å². The van der Waals surface area contributed by atoms with Gasteiger partial charge in [-0.05, 0) is 5.17 Å². The zero-order chi connectivity index (χ0) is 9.84. The number of amides is 1. The molecule has 0 aromatic rings. The monoisotopic (exact) mass is 190 g/mol. The van der Waals surface area contributed by atoms with Gasteiger partial charge in [-0.3, -0.25) is 9.59 Å². The third-order valence-electron chi connectivity index (χ3n) is 1.19. The number of hydrogen-bond acceptors (Lipinski definition) is 7. The summed E-state index contributed by atoms with van der Waals surface area (Å²) in [7, 11) is 0. The molecule has 8 heteroatoms. The third-order valence-corrected chi connectivity index (χ3v) is 1.19. The maximum atomic E-state index is 10.8. The summed E-state index contributed by atoms with van der Waals surface area (Å²) >= 11 is 0. The van der Waals surface area contributed by atoms with Gasteiger partial charge in [0.2, 0.25) is 5.91 Å². The molecule has 1 saturated heterocycles. The van der Waals surface area contributed by atoms with Crippen molar-refractivity contribution in [1.82, 2.24) is 21.4 Å². The first kappa shape index (κ1) is 9.86. The second-order valence-electron chi connectivity index (χ2n) is 2.33. The average molecular weight is 190 g/mol. The van der Waals surface area contributed by atoms with Gasteiger partial charge in [0.25, 0.3) is 0 Å². The van der Waals surface area contributed by atoms with E-state index >= 15 is 0 Å². The lowest BCUT2D eigenvalue weighted by atomic mass is 10.7. The van der Waals surface area contributed by atoms with Crippen molar-refractivity contribution in [2.24, 2.45) is 0 Å². The van der Waals surface area contributed by atoms with Crippen LogP contribution in [0.3, 0.4) is 0 Å². The molecule has 0 bridgehead atoms. The van der Waals surface area contributed by atoms with Crippen molar-refractivity contribution in [2.45, 2.75) is 13.8 Å². The number of rotatable bonds is 1. The first-order valence-electron chi connectivity index (χ1n) is 3.51. The number of hydrazine groups is 2. The topological polar surface area (TPSA) is 83.1 Å². The van der Waals surface area contributed by atoms with Gasteiger partial charge in [-0.1, -0.05) is 11.2 Å². The molecular formula is C5H10N4O4. The minimum atomic E-state index is -0.512. The summed E-state index contributed by atoms with van der Waals surface area (Å²) in [6.07, 6.45) is 0. The third kappa shape index (κ3) is 2.95. The minimum absolute atomic E-state index is 0.0366. The van der Waals surface area contributed by atoms with E-state index < -0.39 is 5.97 Å². The highest BCUT2D eigenvalue weighted by Gasteiger charge is 2.21. The number of nitrogens with one attached hydrogen (secondary N) is 2. The summed E-state index contributed by atoms with van der Waals surface area (Å²) in [6, 6.07) is 0. The lowest BCUT2D eigenvalue weighted by Gasteiger charge is -2.32. The van der Waals surface area contributed by atoms with Gasteiger partial charge in [0, 0.05) is 13.8 Å². The largest absolute Gasteiger partial charge is 0.350 e. The summed E-state index contributed by atoms with van der Waals surface area (Å²) in [5.74, 6) is -0.778. The zero-order valence-corrected chi connectivity index (χ0v) is 7.23. The van der Waals surface area contributed by atoms with Gasteiger partial charge in [0.05, 0.1) is 0 Å². The summed E-state index contributed by atoms with van der Waals surface area (Å²) in [6.45, 7) is 2.62. The van der Waals surface area contributed by atoms with Crippen LogP contribution in [-0.2, 0) is 19.4 Å². The number of hydrogen-bond donors (Lipinski definition) is 2. The Morgan fingerprint density at radius 2 is 2.08 bits per heavy atom. The van der Waals surface area contributed by atoms with Crippen molar-refractivity contribution < 1.29 is 19.4 Å². The van der Waals surface area contributed by atoms with E-state index in [4.69, 9.17) is 0 Å². The molecule has 0 aliphatic carbocycles. The maximum absolute atomic E-state index is 10.8. The molecule has 1 aliphatic rings. The second kappa shape index (κ2) is 4.14. The van der Waals surface area contributed by atoms with Crippen LogP contribution in [0.25, 0.3) is 0 Å². The van der Waals surface area contributed by atoms with E-state index in [9.17, 15) is 9.59 Å². The molecule has 1 aliphatic heterocycles. The molecule has 0 unspecified atom stereocenters. The Hall–Kier alpha value is -1.22. The van der Waals surface area contributed by atoms with Gasteiger partial charge >= 0.3 is 5.97 Å².